The van der Waals surface area contributed by atoms with Gasteiger partial charge < -0.3 is 4.98 Å². The lowest BCUT2D eigenvalue weighted by molar-refractivity contribution is 0.0961. The Hall–Kier alpha value is -0.470. The van der Waals surface area contributed by atoms with Crippen molar-refractivity contribution >= 4 is 29.0 Å². The van der Waals surface area contributed by atoms with Gasteiger partial charge in [0.1, 0.15) is 0 Å². The van der Waals surface area contributed by atoms with Gasteiger partial charge in [-0.25, -0.2) is 0 Å². The summed E-state index contributed by atoms with van der Waals surface area (Å²) in [6.07, 6.45) is 2.96. The lowest BCUT2D eigenvalue weighted by Crippen LogP contribution is -2.31. The summed E-state index contributed by atoms with van der Waals surface area (Å²) in [4.78, 5) is 14.5. The number of ketones is 1. The van der Waals surface area contributed by atoms with Crippen LogP contribution in [-0.2, 0) is 6.42 Å². The standard InChI is InChI=1S/C8H7Cl2NO/c9-8(10)3-1-6-5(7(8)12)2-4-11-6/h2,4,11H,1,3H2. The highest BCUT2D eigenvalue weighted by molar-refractivity contribution is 6.60. The Balaban J connectivity index is 2.49. The molecule has 4 heteroatoms. The molecule has 0 atom stereocenters. The summed E-state index contributed by atoms with van der Waals surface area (Å²) in [5.74, 6) is -0.187. The summed E-state index contributed by atoms with van der Waals surface area (Å²) in [6.45, 7) is 0. The number of aromatic nitrogens is 1. The first kappa shape index (κ1) is 8.14. The molecule has 1 heterocycles. The van der Waals surface area contributed by atoms with Crippen molar-refractivity contribution in [2.24, 2.45) is 0 Å². The Labute approximate surface area is 79.9 Å². The number of fused-ring (bicyclic) bond motifs is 1. The van der Waals surface area contributed by atoms with E-state index in [0.717, 1.165) is 12.1 Å². The van der Waals surface area contributed by atoms with Gasteiger partial charge in [0, 0.05) is 17.5 Å². The van der Waals surface area contributed by atoms with E-state index in [1.807, 2.05) is 0 Å². The largest absolute Gasteiger partial charge is 0.364 e. The van der Waals surface area contributed by atoms with Crippen LogP contribution >= 0.6 is 23.2 Å². The molecular weight excluding hydrogens is 197 g/mol. The smallest absolute Gasteiger partial charge is 0.200 e. The number of rotatable bonds is 0. The van der Waals surface area contributed by atoms with Crippen LogP contribution in [0.5, 0.6) is 0 Å². The molecule has 64 valence electrons. The first-order valence-electron chi connectivity index (χ1n) is 3.70. The topological polar surface area (TPSA) is 32.9 Å². The third kappa shape index (κ3) is 1.06. The van der Waals surface area contributed by atoms with Gasteiger partial charge in [-0.05, 0) is 18.9 Å². The van der Waals surface area contributed by atoms with Gasteiger partial charge in [-0.3, -0.25) is 4.79 Å². The zero-order chi connectivity index (χ0) is 8.77. The van der Waals surface area contributed by atoms with E-state index in [1.54, 1.807) is 12.3 Å². The van der Waals surface area contributed by atoms with Crippen molar-refractivity contribution < 1.29 is 4.79 Å². The van der Waals surface area contributed by atoms with E-state index in [4.69, 9.17) is 23.2 Å². The summed E-state index contributed by atoms with van der Waals surface area (Å²) in [5.41, 5.74) is 1.57. The normalized spacial score (nSPS) is 20.7. The molecule has 2 nitrogen and oxygen atoms in total. The molecule has 1 aromatic rings. The molecule has 1 aliphatic rings. The van der Waals surface area contributed by atoms with Crippen LogP contribution in [0.15, 0.2) is 12.3 Å². The number of carbonyl (C=O) groups is 1. The van der Waals surface area contributed by atoms with E-state index in [2.05, 4.69) is 4.98 Å². The summed E-state index contributed by atoms with van der Waals surface area (Å²) in [7, 11) is 0. The number of hydrogen-bond donors (Lipinski definition) is 1. The molecule has 0 aliphatic heterocycles. The minimum absolute atomic E-state index is 0.187. The number of carbonyl (C=O) groups excluding carboxylic acids is 1. The SMILES string of the molecule is O=C1c2cc[nH]c2CCC1(Cl)Cl. The maximum absolute atomic E-state index is 11.5. The number of halogens is 2. The minimum Gasteiger partial charge on any atom is -0.364 e. The molecule has 1 aromatic heterocycles. The van der Waals surface area contributed by atoms with Crippen molar-refractivity contribution in [1.82, 2.24) is 4.98 Å². The zero-order valence-electron chi connectivity index (χ0n) is 6.23. The summed E-state index contributed by atoms with van der Waals surface area (Å²) < 4.78 is -1.21. The Kier molecular flexibility index (Phi) is 1.70. The minimum atomic E-state index is -1.21. The lowest BCUT2D eigenvalue weighted by Gasteiger charge is -2.22. The van der Waals surface area contributed by atoms with E-state index >= 15 is 0 Å². The molecule has 0 saturated carbocycles. The molecule has 0 radical (unpaired) electrons. The number of alkyl halides is 2. The monoisotopic (exact) mass is 203 g/mol. The summed E-state index contributed by atoms with van der Waals surface area (Å²) >= 11 is 11.6. The summed E-state index contributed by atoms with van der Waals surface area (Å²) in [5, 5.41) is 0. The Bertz CT molecular complexity index is 330. The first-order chi connectivity index (χ1) is 5.61. The molecule has 0 saturated heterocycles. The number of aryl methyl sites for hydroxylation is 1. The molecule has 0 aromatic carbocycles. The van der Waals surface area contributed by atoms with Crippen LogP contribution in [0.2, 0.25) is 0 Å². The van der Waals surface area contributed by atoms with Crippen LogP contribution in [-0.4, -0.2) is 15.1 Å². The number of hydrogen-bond acceptors (Lipinski definition) is 1. The summed E-state index contributed by atoms with van der Waals surface area (Å²) in [6, 6.07) is 1.72. The molecule has 0 unspecified atom stereocenters. The van der Waals surface area contributed by atoms with Crippen LogP contribution < -0.4 is 0 Å². The lowest BCUT2D eigenvalue weighted by atomic mass is 9.96. The average Bonchev–Trinajstić information content (AvgIpc) is 2.45. The third-order valence-corrected chi connectivity index (χ3v) is 2.82. The van der Waals surface area contributed by atoms with Crippen molar-refractivity contribution in [2.45, 2.75) is 17.2 Å². The highest BCUT2D eigenvalue weighted by Crippen LogP contribution is 2.36. The molecule has 0 amide bonds. The molecule has 1 N–H and O–H groups in total. The predicted molar refractivity (Wildman–Crippen MR) is 47.9 cm³/mol. The van der Waals surface area contributed by atoms with Gasteiger partial charge in [0.05, 0.1) is 0 Å². The van der Waals surface area contributed by atoms with Gasteiger partial charge in [0.15, 0.2) is 4.33 Å². The maximum Gasteiger partial charge on any atom is 0.200 e. The van der Waals surface area contributed by atoms with Gasteiger partial charge in [-0.2, -0.15) is 0 Å². The van der Waals surface area contributed by atoms with E-state index in [-0.39, 0.29) is 5.78 Å². The Morgan fingerprint density at radius 2 is 2.25 bits per heavy atom. The van der Waals surface area contributed by atoms with E-state index in [9.17, 15) is 4.79 Å². The Morgan fingerprint density at radius 1 is 1.50 bits per heavy atom. The van der Waals surface area contributed by atoms with Crippen molar-refractivity contribution in [3.8, 4) is 0 Å². The van der Waals surface area contributed by atoms with Crippen LogP contribution in [0.3, 0.4) is 0 Å². The van der Waals surface area contributed by atoms with Crippen molar-refractivity contribution in [2.75, 3.05) is 0 Å². The van der Waals surface area contributed by atoms with Gasteiger partial charge in [-0.15, -0.1) is 0 Å². The van der Waals surface area contributed by atoms with E-state index in [0.29, 0.717) is 12.0 Å². The fourth-order valence-corrected chi connectivity index (χ4v) is 1.81. The molecule has 0 fully saturated rings. The third-order valence-electron chi connectivity index (χ3n) is 2.10. The van der Waals surface area contributed by atoms with Gasteiger partial charge in [-0.1, -0.05) is 23.2 Å². The maximum atomic E-state index is 11.5. The first-order valence-corrected chi connectivity index (χ1v) is 4.46. The number of H-pyrrole nitrogens is 1. The predicted octanol–water partition coefficient (Wildman–Crippen LogP) is 2.32. The van der Waals surface area contributed by atoms with Gasteiger partial charge in [0.25, 0.3) is 0 Å². The number of nitrogens with one attached hydrogen (secondary N) is 1. The number of Topliss-reactive ketones (excluding diaryl/α,β-unsaturated/α-hetero) is 1. The van der Waals surface area contributed by atoms with Crippen molar-refractivity contribution in [1.29, 1.82) is 0 Å². The van der Waals surface area contributed by atoms with Gasteiger partial charge in [0.2, 0.25) is 5.78 Å². The van der Waals surface area contributed by atoms with Gasteiger partial charge >= 0.3 is 0 Å². The van der Waals surface area contributed by atoms with Crippen LogP contribution in [0.4, 0.5) is 0 Å². The van der Waals surface area contributed by atoms with Crippen LogP contribution in [0.25, 0.3) is 0 Å². The highest BCUT2D eigenvalue weighted by atomic mass is 35.5. The van der Waals surface area contributed by atoms with Crippen molar-refractivity contribution in [3.05, 3.63) is 23.5 Å². The quantitative estimate of drug-likeness (QED) is 0.646. The van der Waals surface area contributed by atoms with Crippen molar-refractivity contribution in [3.63, 3.8) is 0 Å². The second-order valence-electron chi connectivity index (χ2n) is 2.90. The average molecular weight is 204 g/mol. The van der Waals surface area contributed by atoms with Crippen LogP contribution in [0, 0.1) is 0 Å². The van der Waals surface area contributed by atoms with E-state index in [1.165, 1.54) is 0 Å². The van der Waals surface area contributed by atoms with Crippen LogP contribution in [0.1, 0.15) is 22.5 Å². The fraction of sp³-hybridized carbons (Fsp3) is 0.375. The molecule has 1 aliphatic carbocycles. The zero-order valence-corrected chi connectivity index (χ0v) is 7.74. The second kappa shape index (κ2) is 2.51. The molecule has 12 heavy (non-hydrogen) atoms. The van der Waals surface area contributed by atoms with E-state index < -0.39 is 4.33 Å². The molecule has 0 spiro atoms. The molecule has 2 rings (SSSR count). The fourth-order valence-electron chi connectivity index (χ4n) is 1.42. The Morgan fingerprint density at radius 3 is 3.00 bits per heavy atom. The number of aromatic amines is 1. The molecular formula is C8H7Cl2NO. The molecule has 0 bridgehead atoms. The highest BCUT2D eigenvalue weighted by Gasteiger charge is 2.39. The second-order valence-corrected chi connectivity index (χ2v) is 4.39.